The largest absolute Gasteiger partial charge is 0.360 e. The number of thiocarbonyl (C=S) groups is 1. The van der Waals surface area contributed by atoms with Crippen molar-refractivity contribution in [3.63, 3.8) is 0 Å². The number of rotatable bonds is 2. The zero-order valence-corrected chi connectivity index (χ0v) is 12.1. The summed E-state index contributed by atoms with van der Waals surface area (Å²) < 4.78 is 0.769. The third-order valence-corrected chi connectivity index (χ3v) is 4.19. The van der Waals surface area contributed by atoms with Gasteiger partial charge in [0.2, 0.25) is 0 Å². The summed E-state index contributed by atoms with van der Waals surface area (Å²) in [5.41, 5.74) is 0.716. The quantitative estimate of drug-likeness (QED) is 0.623. The van der Waals surface area contributed by atoms with Crippen molar-refractivity contribution < 1.29 is 0 Å². The molecule has 2 rings (SSSR count). The minimum absolute atomic E-state index is 0.469. The topological polar surface area (TPSA) is 24.1 Å². The fraction of sp³-hybridized carbons (Fsp3) is 0.300. The molecule has 86 valence electrons. The molecule has 1 aliphatic rings. The molecule has 0 aliphatic heterocycles. The van der Waals surface area contributed by atoms with E-state index in [0.29, 0.717) is 26.9 Å². The van der Waals surface area contributed by atoms with Gasteiger partial charge in [0.05, 0.1) is 15.7 Å². The van der Waals surface area contributed by atoms with Crippen LogP contribution in [0.25, 0.3) is 0 Å². The number of benzene rings is 1. The molecule has 1 aromatic rings. The molecule has 2 nitrogen and oxygen atoms in total. The predicted molar refractivity (Wildman–Crippen MR) is 76.5 cm³/mol. The molecule has 16 heavy (non-hydrogen) atoms. The van der Waals surface area contributed by atoms with Crippen LogP contribution in [-0.4, -0.2) is 11.2 Å². The van der Waals surface area contributed by atoms with Crippen molar-refractivity contribution in [1.29, 1.82) is 0 Å². The molecule has 2 N–H and O–H groups in total. The zero-order chi connectivity index (χ0) is 11.7. The third-order valence-electron chi connectivity index (χ3n) is 2.20. The molecule has 0 amide bonds. The van der Waals surface area contributed by atoms with E-state index in [1.165, 1.54) is 12.8 Å². The second-order valence-electron chi connectivity index (χ2n) is 3.60. The summed E-state index contributed by atoms with van der Waals surface area (Å²) in [7, 11) is 0. The molecule has 0 atom stereocenters. The normalized spacial score (nSPS) is 14.7. The maximum absolute atomic E-state index is 6.08. The van der Waals surface area contributed by atoms with E-state index in [4.69, 9.17) is 35.4 Å². The molecule has 0 heterocycles. The Balaban J connectivity index is 2.08. The van der Waals surface area contributed by atoms with Gasteiger partial charge in [0, 0.05) is 10.5 Å². The summed E-state index contributed by atoms with van der Waals surface area (Å²) >= 11 is 20.5. The van der Waals surface area contributed by atoms with Gasteiger partial charge in [-0.3, -0.25) is 0 Å². The van der Waals surface area contributed by atoms with Gasteiger partial charge in [-0.2, -0.15) is 0 Å². The van der Waals surface area contributed by atoms with Crippen LogP contribution in [0, 0.1) is 0 Å². The SMILES string of the molecule is S=C(Nc1ccc(Br)c(Cl)c1Cl)NC1CC1. The van der Waals surface area contributed by atoms with Crippen LogP contribution in [0.3, 0.4) is 0 Å². The Morgan fingerprint density at radius 3 is 2.62 bits per heavy atom. The highest BCUT2D eigenvalue weighted by atomic mass is 79.9. The Morgan fingerprint density at radius 1 is 1.31 bits per heavy atom. The minimum atomic E-state index is 0.469. The van der Waals surface area contributed by atoms with Crippen molar-refractivity contribution >= 4 is 62.1 Å². The lowest BCUT2D eigenvalue weighted by atomic mass is 10.3. The van der Waals surface area contributed by atoms with Crippen LogP contribution in [0.1, 0.15) is 12.8 Å². The van der Waals surface area contributed by atoms with Gasteiger partial charge >= 0.3 is 0 Å². The Morgan fingerprint density at radius 2 is 2.00 bits per heavy atom. The minimum Gasteiger partial charge on any atom is -0.360 e. The Hall–Kier alpha value is -0.0300. The van der Waals surface area contributed by atoms with E-state index in [1.54, 1.807) is 0 Å². The Bertz CT molecular complexity index is 435. The number of anilines is 1. The Kier molecular flexibility index (Phi) is 3.95. The molecule has 1 aromatic carbocycles. The lowest BCUT2D eigenvalue weighted by Crippen LogP contribution is -2.30. The van der Waals surface area contributed by atoms with Gasteiger partial charge < -0.3 is 10.6 Å². The lowest BCUT2D eigenvalue weighted by molar-refractivity contribution is 0.919. The highest BCUT2D eigenvalue weighted by molar-refractivity contribution is 9.10. The van der Waals surface area contributed by atoms with Gasteiger partial charge in [0.15, 0.2) is 5.11 Å². The van der Waals surface area contributed by atoms with Crippen LogP contribution in [0.5, 0.6) is 0 Å². The number of halogens is 3. The molecular weight excluding hydrogens is 331 g/mol. The molecule has 1 fully saturated rings. The lowest BCUT2D eigenvalue weighted by Gasteiger charge is -2.12. The highest BCUT2D eigenvalue weighted by Gasteiger charge is 2.22. The predicted octanol–water partition coefficient (Wildman–Crippen LogP) is 4.20. The van der Waals surface area contributed by atoms with Crippen LogP contribution in [0.15, 0.2) is 16.6 Å². The van der Waals surface area contributed by atoms with Gasteiger partial charge in [0.1, 0.15) is 0 Å². The first-order chi connectivity index (χ1) is 7.58. The second kappa shape index (κ2) is 5.08. The first-order valence-electron chi connectivity index (χ1n) is 4.79. The number of hydrogen-bond donors (Lipinski definition) is 2. The van der Waals surface area contributed by atoms with Crippen molar-refractivity contribution in [2.24, 2.45) is 0 Å². The van der Waals surface area contributed by atoms with Crippen molar-refractivity contribution in [3.05, 3.63) is 26.7 Å². The second-order valence-corrected chi connectivity index (χ2v) is 5.61. The molecule has 1 aliphatic carbocycles. The number of nitrogens with one attached hydrogen (secondary N) is 2. The van der Waals surface area contributed by atoms with Crippen LogP contribution in [-0.2, 0) is 0 Å². The molecular formula is C10H9BrCl2N2S. The first-order valence-corrected chi connectivity index (χ1v) is 6.74. The summed E-state index contributed by atoms with van der Waals surface area (Å²) in [6, 6.07) is 4.18. The van der Waals surface area contributed by atoms with Gasteiger partial charge in [-0.15, -0.1) is 0 Å². The maximum atomic E-state index is 6.08. The van der Waals surface area contributed by atoms with Crippen molar-refractivity contribution in [1.82, 2.24) is 5.32 Å². The fourth-order valence-corrected chi connectivity index (χ4v) is 2.29. The van der Waals surface area contributed by atoms with Gasteiger partial charge in [0.25, 0.3) is 0 Å². The number of hydrogen-bond acceptors (Lipinski definition) is 1. The molecule has 0 saturated heterocycles. The molecule has 1 saturated carbocycles. The molecule has 0 spiro atoms. The molecule has 0 aromatic heterocycles. The average Bonchev–Trinajstić information content (AvgIpc) is 3.03. The molecule has 6 heteroatoms. The summed E-state index contributed by atoms with van der Waals surface area (Å²) in [5, 5.41) is 7.74. The summed E-state index contributed by atoms with van der Waals surface area (Å²) in [4.78, 5) is 0. The van der Waals surface area contributed by atoms with Crippen molar-refractivity contribution in [2.75, 3.05) is 5.32 Å². The molecule has 0 bridgehead atoms. The molecule has 0 unspecified atom stereocenters. The summed E-state index contributed by atoms with van der Waals surface area (Å²) in [6.45, 7) is 0. The van der Waals surface area contributed by atoms with E-state index in [9.17, 15) is 0 Å². The smallest absolute Gasteiger partial charge is 0.171 e. The zero-order valence-electron chi connectivity index (χ0n) is 8.19. The van der Waals surface area contributed by atoms with E-state index in [2.05, 4.69) is 26.6 Å². The van der Waals surface area contributed by atoms with Crippen molar-refractivity contribution in [3.8, 4) is 0 Å². The highest BCUT2D eigenvalue weighted by Crippen LogP contribution is 2.35. The van der Waals surface area contributed by atoms with Crippen LogP contribution in [0.4, 0.5) is 5.69 Å². The maximum Gasteiger partial charge on any atom is 0.171 e. The van der Waals surface area contributed by atoms with E-state index in [-0.39, 0.29) is 0 Å². The summed E-state index contributed by atoms with van der Waals surface area (Å²) in [5.74, 6) is 0. The van der Waals surface area contributed by atoms with Crippen LogP contribution in [0.2, 0.25) is 10.0 Å². The van der Waals surface area contributed by atoms with Gasteiger partial charge in [-0.25, -0.2) is 0 Å². The van der Waals surface area contributed by atoms with E-state index >= 15 is 0 Å². The van der Waals surface area contributed by atoms with E-state index in [0.717, 1.165) is 4.47 Å². The van der Waals surface area contributed by atoms with Crippen LogP contribution < -0.4 is 10.6 Å². The molecule has 0 radical (unpaired) electrons. The van der Waals surface area contributed by atoms with Gasteiger partial charge in [-0.1, -0.05) is 23.2 Å². The van der Waals surface area contributed by atoms with E-state index < -0.39 is 0 Å². The van der Waals surface area contributed by atoms with E-state index in [1.807, 2.05) is 12.1 Å². The van der Waals surface area contributed by atoms with Crippen LogP contribution >= 0.6 is 51.3 Å². The first kappa shape index (κ1) is 12.4. The monoisotopic (exact) mass is 338 g/mol. The van der Waals surface area contributed by atoms with Gasteiger partial charge in [-0.05, 0) is 53.1 Å². The fourth-order valence-electron chi connectivity index (χ4n) is 1.19. The van der Waals surface area contributed by atoms with Crippen molar-refractivity contribution in [2.45, 2.75) is 18.9 Å². The Labute approximate surface area is 118 Å². The third kappa shape index (κ3) is 3.00. The summed E-state index contributed by atoms with van der Waals surface area (Å²) in [6.07, 6.45) is 2.35. The standard InChI is InChI=1S/C10H9BrCl2N2S/c11-6-3-4-7(9(13)8(6)12)15-10(16)14-5-1-2-5/h3-5H,1-2H2,(H2,14,15,16). The average molecular weight is 340 g/mol.